The fraction of sp³-hybridized carbons (Fsp3) is 0. The molecular formula is H6CaO6S. The van der Waals surface area contributed by atoms with Crippen molar-refractivity contribution in [3.63, 3.8) is 0 Å². The molecule has 0 rings (SSSR count). The predicted molar refractivity (Wildman–Crippen MR) is 27.4 cm³/mol. The van der Waals surface area contributed by atoms with Crippen LogP contribution >= 0.6 is 0 Å². The van der Waals surface area contributed by atoms with Gasteiger partial charge in [-0.25, -0.2) is 0 Å². The molecule has 4 N–H and O–H groups in total. The smallest absolute Gasteiger partial charge is 1.00 e. The van der Waals surface area contributed by atoms with E-state index >= 15 is 0 Å². The van der Waals surface area contributed by atoms with Gasteiger partial charge in [0.1, 0.15) is 0 Å². The maximum Gasteiger partial charge on any atom is 2.00 e. The number of rotatable bonds is 0. The van der Waals surface area contributed by atoms with Crippen molar-refractivity contribution in [3.05, 3.63) is 0 Å². The molecule has 8 heavy (non-hydrogen) atoms. The monoisotopic (exact) mass is 174 g/mol. The molecule has 0 atom stereocenters. The quantitative estimate of drug-likeness (QED) is 0.165. The minimum Gasteiger partial charge on any atom is -1.00 e. The molecule has 0 saturated carbocycles. The predicted octanol–water partition coefficient (Wildman–Crippen LogP) is -0.791. The van der Waals surface area contributed by atoms with Crippen molar-refractivity contribution in [2.45, 2.75) is 0 Å². The van der Waals surface area contributed by atoms with E-state index in [0.717, 1.165) is 0 Å². The van der Waals surface area contributed by atoms with E-state index in [1.54, 1.807) is 0 Å². The summed E-state index contributed by atoms with van der Waals surface area (Å²) in [5.41, 5.74) is 0. The molecule has 0 aromatic rings. The third-order valence-electron chi connectivity index (χ3n) is 0. The summed E-state index contributed by atoms with van der Waals surface area (Å²) >= 11 is 0. The van der Waals surface area contributed by atoms with Gasteiger partial charge in [0.05, 0.1) is 0 Å². The van der Waals surface area contributed by atoms with E-state index in [9.17, 15) is 0 Å². The van der Waals surface area contributed by atoms with E-state index in [4.69, 9.17) is 28.0 Å². The molecule has 6 nitrogen and oxygen atoms in total. The molecule has 0 heterocycles. The second-order valence-corrected chi connectivity index (χ2v) is 1.34. The molecule has 0 fully saturated rings. The van der Waals surface area contributed by atoms with Crippen molar-refractivity contribution in [3.8, 4) is 0 Å². The molecule has 0 unspecified atom stereocenters. The molecule has 8 heteroatoms. The minimum atomic E-state index is -4.67. The topological polar surface area (TPSA) is 115 Å². The van der Waals surface area contributed by atoms with Crippen LogP contribution < -0.4 is 0 Å². The second kappa shape index (κ2) is 8.05. The van der Waals surface area contributed by atoms with Crippen LogP contribution in [-0.4, -0.2) is 65.8 Å². The number of hydrogen-bond acceptors (Lipinski definition) is 4. The Hall–Kier alpha value is 1.05. The van der Waals surface area contributed by atoms with Crippen molar-refractivity contribution in [1.29, 1.82) is 0 Å². The Balaban J connectivity index is -0.0000000154. The van der Waals surface area contributed by atoms with Gasteiger partial charge in [-0.1, -0.05) is 0 Å². The van der Waals surface area contributed by atoms with Gasteiger partial charge in [-0.05, 0) is 0 Å². The van der Waals surface area contributed by atoms with Gasteiger partial charge in [0, 0.05) is 0 Å². The molecule has 0 amide bonds. The van der Waals surface area contributed by atoms with Gasteiger partial charge in [-0.2, -0.15) is 8.42 Å². The first-order chi connectivity index (χ1) is 3.00. The molecule has 0 spiro atoms. The first kappa shape index (κ1) is 16.0. The van der Waals surface area contributed by atoms with E-state index in [1.165, 1.54) is 0 Å². The fourth-order valence-corrected chi connectivity index (χ4v) is 0. The Labute approximate surface area is 78.6 Å². The summed E-state index contributed by atoms with van der Waals surface area (Å²) in [5, 5.41) is 12.0. The normalized spacial score (nSPS) is 8.00. The van der Waals surface area contributed by atoms with Crippen LogP contribution in [0.2, 0.25) is 0 Å². The van der Waals surface area contributed by atoms with Crippen molar-refractivity contribution >= 4 is 48.1 Å². The zero-order valence-electron chi connectivity index (χ0n) is 5.72. The summed E-state index contributed by atoms with van der Waals surface area (Å²) in [7, 11) is -4.67. The Morgan fingerprint density at radius 2 is 1.12 bits per heavy atom. The Kier molecular flexibility index (Phi) is 16.1. The van der Waals surface area contributed by atoms with Crippen LogP contribution in [0.1, 0.15) is 2.85 Å². The summed E-state index contributed by atoms with van der Waals surface area (Å²) in [5.74, 6) is 0. The van der Waals surface area contributed by atoms with Crippen LogP contribution in [0.15, 0.2) is 0 Å². The van der Waals surface area contributed by atoms with E-state index in [-0.39, 0.29) is 40.6 Å². The summed E-state index contributed by atoms with van der Waals surface area (Å²) in [4.78, 5) is 0. The first-order valence-corrected chi connectivity index (χ1v) is 2.30. The number of hydrogen-bond donors (Lipinski definition) is 4. The molecule has 50 valence electrons. The summed E-state index contributed by atoms with van der Waals surface area (Å²) in [6, 6.07) is 0. The van der Waals surface area contributed by atoms with Crippen molar-refractivity contribution in [1.82, 2.24) is 0 Å². The zero-order chi connectivity index (χ0) is 6.50. The van der Waals surface area contributed by atoms with Crippen LogP contribution in [0, 0.1) is 0 Å². The third kappa shape index (κ3) is 234. The Bertz CT molecular complexity index is 98.9. The van der Waals surface area contributed by atoms with Crippen LogP contribution in [0.3, 0.4) is 0 Å². The third-order valence-corrected chi connectivity index (χ3v) is 0. The molecule has 0 aromatic heterocycles. The molecular weight excluding hydrogens is 168 g/mol. The van der Waals surface area contributed by atoms with Gasteiger partial charge in [0.25, 0.3) is 0 Å². The molecule has 0 radical (unpaired) electrons. The van der Waals surface area contributed by atoms with Gasteiger partial charge in [-0.3, -0.25) is 19.6 Å². The van der Waals surface area contributed by atoms with Crippen LogP contribution in [0.4, 0.5) is 0 Å². The first-order valence-electron chi connectivity index (χ1n) is 0.898. The van der Waals surface area contributed by atoms with Crippen molar-refractivity contribution in [2.75, 3.05) is 0 Å². The van der Waals surface area contributed by atoms with Gasteiger partial charge in [-0.15, -0.1) is 0 Å². The van der Waals surface area contributed by atoms with Gasteiger partial charge in [0.2, 0.25) is 0 Å². The van der Waals surface area contributed by atoms with E-state index in [2.05, 4.69) is 0 Å². The molecule has 0 bridgehead atoms. The van der Waals surface area contributed by atoms with Gasteiger partial charge < -0.3 is 2.85 Å². The SMILES string of the molecule is O=S(=O)(O)O.OO.[Ca+2].[H-].[H-]. The van der Waals surface area contributed by atoms with Gasteiger partial charge >= 0.3 is 48.1 Å². The largest absolute Gasteiger partial charge is 2.00 e. The van der Waals surface area contributed by atoms with E-state index in [0.29, 0.717) is 0 Å². The van der Waals surface area contributed by atoms with Crippen molar-refractivity contribution < 1.29 is 30.9 Å². The summed E-state index contributed by atoms with van der Waals surface area (Å²) < 4.78 is 31.6. The Morgan fingerprint density at radius 1 is 1.12 bits per heavy atom. The van der Waals surface area contributed by atoms with E-state index < -0.39 is 10.4 Å². The second-order valence-electron chi connectivity index (χ2n) is 0.448. The molecule has 0 aromatic carbocycles. The van der Waals surface area contributed by atoms with Gasteiger partial charge in [0.15, 0.2) is 0 Å². The average Bonchev–Trinajstić information content (AvgIpc) is 1.36. The average molecular weight is 174 g/mol. The van der Waals surface area contributed by atoms with Crippen molar-refractivity contribution in [2.24, 2.45) is 0 Å². The van der Waals surface area contributed by atoms with Crippen LogP contribution in [0.25, 0.3) is 0 Å². The Morgan fingerprint density at radius 3 is 1.12 bits per heavy atom. The zero-order valence-corrected chi connectivity index (χ0v) is 6.75. The van der Waals surface area contributed by atoms with E-state index in [1.807, 2.05) is 0 Å². The summed E-state index contributed by atoms with van der Waals surface area (Å²) in [6.45, 7) is 0. The molecule has 0 aliphatic heterocycles. The fourth-order valence-electron chi connectivity index (χ4n) is 0. The van der Waals surface area contributed by atoms with Crippen LogP contribution in [0.5, 0.6) is 0 Å². The minimum absolute atomic E-state index is 0. The van der Waals surface area contributed by atoms with Crippen LogP contribution in [-0.2, 0) is 10.4 Å². The maximum absolute atomic E-state index is 8.74. The molecule has 0 aliphatic carbocycles. The maximum atomic E-state index is 8.74. The summed E-state index contributed by atoms with van der Waals surface area (Å²) in [6.07, 6.45) is 0. The molecule has 0 aliphatic rings. The standard InChI is InChI=1S/Ca.H2O4S.H2O2.2H/c;1-5(2,3)4;1-2;;/h;(H2,1,2,3,4);1-2H;;/q+2;;;2*-1. The molecule has 0 saturated heterocycles.